The SMILES string of the molecule is NC(=O)OCCCCC(c1ccco1)N1CCCC1. The van der Waals surface area contributed by atoms with Gasteiger partial charge in [-0.15, -0.1) is 0 Å². The molecule has 1 unspecified atom stereocenters. The highest BCUT2D eigenvalue weighted by Crippen LogP contribution is 2.29. The lowest BCUT2D eigenvalue weighted by Crippen LogP contribution is -2.25. The van der Waals surface area contributed by atoms with Gasteiger partial charge in [0, 0.05) is 0 Å². The number of hydrogen-bond donors (Lipinski definition) is 1. The molecule has 0 aliphatic carbocycles. The van der Waals surface area contributed by atoms with E-state index in [1.807, 2.05) is 12.1 Å². The van der Waals surface area contributed by atoms with Crippen LogP contribution in [0.5, 0.6) is 0 Å². The molecule has 1 atom stereocenters. The van der Waals surface area contributed by atoms with Crippen molar-refractivity contribution >= 4 is 6.09 Å². The van der Waals surface area contributed by atoms with Crippen molar-refractivity contribution in [1.29, 1.82) is 0 Å². The van der Waals surface area contributed by atoms with Gasteiger partial charge in [0.15, 0.2) is 0 Å². The third-order valence-electron chi connectivity index (χ3n) is 3.57. The van der Waals surface area contributed by atoms with E-state index in [1.54, 1.807) is 6.26 Å². The number of nitrogens with zero attached hydrogens (tertiary/aromatic N) is 1. The second-order valence-corrected chi connectivity index (χ2v) is 4.94. The van der Waals surface area contributed by atoms with Crippen LogP contribution < -0.4 is 5.73 Å². The normalized spacial score (nSPS) is 17.5. The fraction of sp³-hybridized carbons (Fsp3) is 0.643. The first-order valence-electron chi connectivity index (χ1n) is 6.97. The molecule has 5 nitrogen and oxygen atoms in total. The fourth-order valence-electron chi connectivity index (χ4n) is 2.65. The first-order chi connectivity index (χ1) is 9.27. The van der Waals surface area contributed by atoms with Crippen LogP contribution >= 0.6 is 0 Å². The summed E-state index contributed by atoms with van der Waals surface area (Å²) in [5, 5.41) is 0. The van der Waals surface area contributed by atoms with E-state index >= 15 is 0 Å². The molecular formula is C14H22N2O3. The predicted molar refractivity (Wildman–Crippen MR) is 71.6 cm³/mol. The predicted octanol–water partition coefficient (Wildman–Crippen LogP) is 2.68. The summed E-state index contributed by atoms with van der Waals surface area (Å²) in [6.07, 6.45) is 6.43. The van der Waals surface area contributed by atoms with E-state index in [-0.39, 0.29) is 0 Å². The van der Waals surface area contributed by atoms with E-state index in [9.17, 15) is 4.79 Å². The average molecular weight is 266 g/mol. The summed E-state index contributed by atoms with van der Waals surface area (Å²) in [6.45, 7) is 2.69. The number of hydrogen-bond acceptors (Lipinski definition) is 4. The molecular weight excluding hydrogens is 244 g/mol. The summed E-state index contributed by atoms with van der Waals surface area (Å²) in [6, 6.07) is 4.34. The average Bonchev–Trinajstić information content (AvgIpc) is 3.06. The van der Waals surface area contributed by atoms with Crippen molar-refractivity contribution in [1.82, 2.24) is 4.90 Å². The topological polar surface area (TPSA) is 68.7 Å². The molecule has 1 fully saturated rings. The highest BCUT2D eigenvalue weighted by atomic mass is 16.5. The Balaban J connectivity index is 1.79. The Kier molecular flexibility index (Phi) is 5.27. The van der Waals surface area contributed by atoms with Crippen LogP contribution in [0.3, 0.4) is 0 Å². The molecule has 1 saturated heterocycles. The maximum atomic E-state index is 10.5. The molecule has 5 heteroatoms. The Bertz CT molecular complexity index is 372. The van der Waals surface area contributed by atoms with Gasteiger partial charge in [-0.2, -0.15) is 0 Å². The minimum absolute atomic E-state index is 0.353. The number of primary amides is 1. The largest absolute Gasteiger partial charge is 0.468 e. The highest BCUT2D eigenvalue weighted by Gasteiger charge is 2.24. The van der Waals surface area contributed by atoms with Gasteiger partial charge in [-0.25, -0.2) is 4.79 Å². The van der Waals surface area contributed by atoms with Crippen LogP contribution in [0.15, 0.2) is 22.8 Å². The van der Waals surface area contributed by atoms with Crippen LogP contribution in [0.2, 0.25) is 0 Å². The highest BCUT2D eigenvalue weighted by molar-refractivity contribution is 5.64. The van der Waals surface area contributed by atoms with Crippen LogP contribution in [-0.4, -0.2) is 30.7 Å². The van der Waals surface area contributed by atoms with Crippen molar-refractivity contribution in [3.63, 3.8) is 0 Å². The van der Waals surface area contributed by atoms with E-state index in [2.05, 4.69) is 4.90 Å². The van der Waals surface area contributed by atoms with Gasteiger partial charge < -0.3 is 14.9 Å². The molecule has 0 saturated carbocycles. The minimum atomic E-state index is -0.692. The van der Waals surface area contributed by atoms with Crippen LogP contribution in [0.25, 0.3) is 0 Å². The van der Waals surface area contributed by atoms with E-state index in [0.717, 1.165) is 38.1 Å². The molecule has 0 bridgehead atoms. The summed E-state index contributed by atoms with van der Waals surface area (Å²) < 4.78 is 10.3. The zero-order valence-electron chi connectivity index (χ0n) is 11.2. The summed E-state index contributed by atoms with van der Waals surface area (Å²) in [4.78, 5) is 12.9. The number of ether oxygens (including phenoxy) is 1. The van der Waals surface area contributed by atoms with E-state index in [4.69, 9.17) is 14.9 Å². The summed E-state index contributed by atoms with van der Waals surface area (Å²) >= 11 is 0. The van der Waals surface area contributed by atoms with E-state index in [1.165, 1.54) is 12.8 Å². The van der Waals surface area contributed by atoms with Crippen molar-refractivity contribution in [2.24, 2.45) is 5.73 Å². The standard InChI is InChI=1S/C14H22N2O3/c15-14(17)19-10-4-1-6-12(13-7-5-11-18-13)16-8-2-3-9-16/h5,7,11-12H,1-4,6,8-10H2,(H2,15,17). The van der Waals surface area contributed by atoms with Gasteiger partial charge in [-0.05, 0) is 57.3 Å². The number of amides is 1. The quantitative estimate of drug-likeness (QED) is 0.770. The molecule has 106 valence electrons. The first kappa shape index (κ1) is 13.9. The smallest absolute Gasteiger partial charge is 0.404 e. The van der Waals surface area contributed by atoms with E-state index in [0.29, 0.717) is 12.6 Å². The van der Waals surface area contributed by atoms with Crippen LogP contribution in [0.4, 0.5) is 4.79 Å². The third-order valence-corrected chi connectivity index (χ3v) is 3.57. The number of unbranched alkanes of at least 4 members (excludes halogenated alkanes) is 1. The van der Waals surface area contributed by atoms with Gasteiger partial charge in [-0.3, -0.25) is 4.90 Å². The second-order valence-electron chi connectivity index (χ2n) is 4.94. The molecule has 0 spiro atoms. The Morgan fingerprint density at radius 3 is 2.84 bits per heavy atom. The number of carbonyl (C=O) groups excluding carboxylic acids is 1. The Morgan fingerprint density at radius 2 is 2.21 bits per heavy atom. The van der Waals surface area contributed by atoms with Gasteiger partial charge in [0.1, 0.15) is 5.76 Å². The first-order valence-corrected chi connectivity index (χ1v) is 6.97. The van der Waals surface area contributed by atoms with Gasteiger partial charge in [-0.1, -0.05) is 0 Å². The summed E-state index contributed by atoms with van der Waals surface area (Å²) in [5.74, 6) is 1.04. The molecule has 2 heterocycles. The fourth-order valence-corrected chi connectivity index (χ4v) is 2.65. The molecule has 1 aliphatic heterocycles. The van der Waals surface area contributed by atoms with Crippen molar-refractivity contribution in [2.45, 2.75) is 38.1 Å². The summed E-state index contributed by atoms with van der Waals surface area (Å²) in [7, 11) is 0. The molecule has 2 N–H and O–H groups in total. The van der Waals surface area contributed by atoms with Gasteiger partial charge in [0.2, 0.25) is 0 Å². The molecule has 0 radical (unpaired) electrons. The number of furan rings is 1. The number of carbonyl (C=O) groups is 1. The third kappa shape index (κ3) is 4.28. The number of nitrogens with two attached hydrogens (primary N) is 1. The van der Waals surface area contributed by atoms with Crippen molar-refractivity contribution in [2.75, 3.05) is 19.7 Å². The van der Waals surface area contributed by atoms with E-state index < -0.39 is 6.09 Å². The van der Waals surface area contributed by atoms with Crippen molar-refractivity contribution in [3.8, 4) is 0 Å². The van der Waals surface area contributed by atoms with Gasteiger partial charge >= 0.3 is 6.09 Å². The molecule has 19 heavy (non-hydrogen) atoms. The van der Waals surface area contributed by atoms with Gasteiger partial charge in [0.05, 0.1) is 18.9 Å². The van der Waals surface area contributed by atoms with Gasteiger partial charge in [0.25, 0.3) is 0 Å². The molecule has 1 aromatic heterocycles. The Labute approximate surface area is 113 Å². The lowest BCUT2D eigenvalue weighted by molar-refractivity contribution is 0.150. The minimum Gasteiger partial charge on any atom is -0.468 e. The maximum Gasteiger partial charge on any atom is 0.404 e. The zero-order chi connectivity index (χ0) is 13.5. The van der Waals surface area contributed by atoms with Crippen LogP contribution in [-0.2, 0) is 4.74 Å². The van der Waals surface area contributed by atoms with Crippen LogP contribution in [0.1, 0.15) is 43.9 Å². The molecule has 1 aromatic rings. The number of rotatable bonds is 7. The molecule has 1 aliphatic rings. The molecule has 0 aromatic carbocycles. The van der Waals surface area contributed by atoms with Crippen molar-refractivity contribution < 1.29 is 13.9 Å². The lowest BCUT2D eigenvalue weighted by Gasteiger charge is -2.25. The van der Waals surface area contributed by atoms with Crippen LogP contribution in [0, 0.1) is 0 Å². The monoisotopic (exact) mass is 266 g/mol. The molecule has 2 rings (SSSR count). The second kappa shape index (κ2) is 7.19. The Morgan fingerprint density at radius 1 is 1.42 bits per heavy atom. The van der Waals surface area contributed by atoms with Crippen molar-refractivity contribution in [3.05, 3.63) is 24.2 Å². The maximum absolute atomic E-state index is 10.5. The Hall–Kier alpha value is -1.49. The summed E-state index contributed by atoms with van der Waals surface area (Å²) in [5.41, 5.74) is 4.93. The number of likely N-dealkylation sites (tertiary alicyclic amines) is 1. The zero-order valence-corrected chi connectivity index (χ0v) is 11.2. The molecule has 1 amide bonds. The lowest BCUT2D eigenvalue weighted by atomic mass is 10.1.